The first-order valence-electron chi connectivity index (χ1n) is 7.69. The molecule has 1 saturated carbocycles. The van der Waals surface area contributed by atoms with E-state index in [1.165, 1.54) is 19.3 Å². The van der Waals surface area contributed by atoms with Gasteiger partial charge in [-0.2, -0.15) is 0 Å². The topological polar surface area (TPSA) is 49.4 Å². The van der Waals surface area contributed by atoms with Crippen LogP contribution in [-0.4, -0.2) is 42.3 Å². The number of piperidine rings is 1. The second-order valence-corrected chi connectivity index (χ2v) is 6.11. The molecule has 3 atom stereocenters. The lowest BCUT2D eigenvalue weighted by Gasteiger charge is -2.33. The fourth-order valence-corrected chi connectivity index (χ4v) is 3.33. The molecule has 0 aromatic heterocycles. The van der Waals surface area contributed by atoms with Gasteiger partial charge in [0.25, 0.3) is 0 Å². The van der Waals surface area contributed by atoms with Gasteiger partial charge in [0.1, 0.15) is 6.29 Å². The summed E-state index contributed by atoms with van der Waals surface area (Å²) < 4.78 is 0. The maximum Gasteiger partial charge on any atom is 0.234 e. The minimum absolute atomic E-state index is 0.0525. The third-order valence-electron chi connectivity index (χ3n) is 4.63. The lowest BCUT2D eigenvalue weighted by atomic mass is 9.86. The number of nitrogens with zero attached hydrogens (tertiary/aromatic N) is 1. The van der Waals surface area contributed by atoms with Crippen molar-refractivity contribution < 1.29 is 9.59 Å². The highest BCUT2D eigenvalue weighted by Crippen LogP contribution is 2.23. The maximum atomic E-state index is 12.1. The van der Waals surface area contributed by atoms with E-state index in [0.717, 1.165) is 38.5 Å². The van der Waals surface area contributed by atoms with E-state index in [9.17, 15) is 9.59 Å². The number of aldehydes is 1. The summed E-state index contributed by atoms with van der Waals surface area (Å²) >= 11 is 0. The molecule has 0 radical (unpaired) electrons. The molecule has 2 fully saturated rings. The Kier molecular flexibility index (Phi) is 5.37. The molecule has 1 aliphatic heterocycles. The molecule has 19 heavy (non-hydrogen) atoms. The zero-order chi connectivity index (χ0) is 13.7. The third kappa shape index (κ3) is 4.03. The summed E-state index contributed by atoms with van der Waals surface area (Å²) in [4.78, 5) is 25.2. The van der Waals surface area contributed by atoms with Gasteiger partial charge >= 0.3 is 0 Å². The van der Waals surface area contributed by atoms with Crippen LogP contribution in [0, 0.1) is 5.92 Å². The first-order chi connectivity index (χ1) is 9.20. The minimum atomic E-state index is -0.0525. The monoisotopic (exact) mass is 266 g/mol. The molecule has 1 heterocycles. The van der Waals surface area contributed by atoms with Crippen molar-refractivity contribution in [3.8, 4) is 0 Å². The van der Waals surface area contributed by atoms with Gasteiger partial charge < -0.3 is 10.1 Å². The molecule has 1 saturated heterocycles. The van der Waals surface area contributed by atoms with Crippen molar-refractivity contribution in [2.24, 2.45) is 5.92 Å². The van der Waals surface area contributed by atoms with Gasteiger partial charge in [0.05, 0.1) is 12.6 Å². The summed E-state index contributed by atoms with van der Waals surface area (Å²) in [6.45, 7) is 3.48. The number of hydrogen-bond acceptors (Lipinski definition) is 3. The Hall–Kier alpha value is -0.900. The molecular formula is C15H26N2O2. The van der Waals surface area contributed by atoms with E-state index in [1.807, 2.05) is 4.90 Å². The van der Waals surface area contributed by atoms with E-state index in [-0.39, 0.29) is 11.9 Å². The van der Waals surface area contributed by atoms with Crippen molar-refractivity contribution in [1.29, 1.82) is 0 Å². The Bertz CT molecular complexity index is 319. The SMILES string of the molecule is CC1CCCCC1NC(=O)CN1CCCCC1C=O. The fourth-order valence-electron chi connectivity index (χ4n) is 3.33. The highest BCUT2D eigenvalue weighted by Gasteiger charge is 2.26. The largest absolute Gasteiger partial charge is 0.352 e. The molecule has 108 valence electrons. The number of amides is 1. The van der Waals surface area contributed by atoms with Gasteiger partial charge in [-0.15, -0.1) is 0 Å². The number of likely N-dealkylation sites (tertiary alicyclic amines) is 1. The second-order valence-electron chi connectivity index (χ2n) is 6.11. The summed E-state index contributed by atoms with van der Waals surface area (Å²) in [6, 6.07) is 0.281. The van der Waals surface area contributed by atoms with Crippen LogP contribution in [0.5, 0.6) is 0 Å². The molecule has 1 N–H and O–H groups in total. The lowest BCUT2D eigenvalue weighted by molar-refractivity contribution is -0.125. The van der Waals surface area contributed by atoms with Crippen LogP contribution in [-0.2, 0) is 9.59 Å². The number of carbonyl (C=O) groups excluding carboxylic acids is 2. The summed E-state index contributed by atoms with van der Waals surface area (Å²) in [5.74, 6) is 0.674. The molecule has 2 rings (SSSR count). The molecule has 1 amide bonds. The Labute approximate surface area is 115 Å². The Morgan fingerprint density at radius 2 is 1.95 bits per heavy atom. The summed E-state index contributed by atoms with van der Waals surface area (Å²) in [6.07, 6.45) is 8.91. The van der Waals surface area contributed by atoms with Crippen molar-refractivity contribution in [3.05, 3.63) is 0 Å². The average Bonchev–Trinajstić information content (AvgIpc) is 2.42. The second kappa shape index (κ2) is 7.04. The molecule has 0 aromatic carbocycles. The van der Waals surface area contributed by atoms with Gasteiger partial charge in [-0.3, -0.25) is 9.69 Å². The first-order valence-corrected chi connectivity index (χ1v) is 7.69. The third-order valence-corrected chi connectivity index (χ3v) is 4.63. The van der Waals surface area contributed by atoms with Crippen LogP contribution >= 0.6 is 0 Å². The maximum absolute atomic E-state index is 12.1. The van der Waals surface area contributed by atoms with E-state index >= 15 is 0 Å². The number of rotatable bonds is 4. The van der Waals surface area contributed by atoms with E-state index < -0.39 is 0 Å². The smallest absolute Gasteiger partial charge is 0.234 e. The van der Waals surface area contributed by atoms with E-state index in [1.54, 1.807) is 0 Å². The highest BCUT2D eigenvalue weighted by atomic mass is 16.2. The molecule has 3 unspecified atom stereocenters. The molecule has 2 aliphatic rings. The van der Waals surface area contributed by atoms with Crippen molar-refractivity contribution in [2.75, 3.05) is 13.1 Å². The fraction of sp³-hybridized carbons (Fsp3) is 0.867. The van der Waals surface area contributed by atoms with Crippen LogP contribution < -0.4 is 5.32 Å². The van der Waals surface area contributed by atoms with Crippen LogP contribution in [0.15, 0.2) is 0 Å². The number of hydrogen-bond donors (Lipinski definition) is 1. The van der Waals surface area contributed by atoms with Crippen LogP contribution in [0.3, 0.4) is 0 Å². The zero-order valence-corrected chi connectivity index (χ0v) is 11.9. The van der Waals surface area contributed by atoms with Crippen molar-refractivity contribution >= 4 is 12.2 Å². The summed E-state index contributed by atoms with van der Waals surface area (Å²) in [5, 5.41) is 3.16. The quantitative estimate of drug-likeness (QED) is 0.788. The van der Waals surface area contributed by atoms with Crippen LogP contribution in [0.2, 0.25) is 0 Å². The normalized spacial score (nSPS) is 32.8. The van der Waals surface area contributed by atoms with Crippen molar-refractivity contribution in [3.63, 3.8) is 0 Å². The summed E-state index contributed by atoms with van der Waals surface area (Å²) in [7, 11) is 0. The molecule has 0 bridgehead atoms. The Morgan fingerprint density at radius 1 is 1.21 bits per heavy atom. The van der Waals surface area contributed by atoms with Gasteiger partial charge in [-0.25, -0.2) is 0 Å². The molecule has 4 heteroatoms. The van der Waals surface area contributed by atoms with E-state index in [0.29, 0.717) is 18.5 Å². The van der Waals surface area contributed by atoms with E-state index in [2.05, 4.69) is 12.2 Å². The molecule has 0 spiro atoms. The zero-order valence-electron chi connectivity index (χ0n) is 11.9. The van der Waals surface area contributed by atoms with Crippen molar-refractivity contribution in [1.82, 2.24) is 10.2 Å². The highest BCUT2D eigenvalue weighted by molar-refractivity contribution is 5.79. The van der Waals surface area contributed by atoms with Crippen molar-refractivity contribution in [2.45, 2.75) is 64.0 Å². The Balaban J connectivity index is 1.81. The Morgan fingerprint density at radius 3 is 2.68 bits per heavy atom. The van der Waals surface area contributed by atoms with E-state index in [4.69, 9.17) is 0 Å². The number of nitrogens with one attached hydrogen (secondary N) is 1. The van der Waals surface area contributed by atoms with Gasteiger partial charge in [-0.1, -0.05) is 26.2 Å². The molecule has 0 aromatic rings. The summed E-state index contributed by atoms with van der Waals surface area (Å²) in [5.41, 5.74) is 0. The minimum Gasteiger partial charge on any atom is -0.352 e. The number of carbonyl (C=O) groups is 2. The van der Waals surface area contributed by atoms with Gasteiger partial charge in [0, 0.05) is 6.04 Å². The first kappa shape index (κ1) is 14.5. The predicted octanol–water partition coefficient (Wildman–Crippen LogP) is 1.73. The average molecular weight is 266 g/mol. The van der Waals surface area contributed by atoms with Crippen LogP contribution in [0.4, 0.5) is 0 Å². The standard InChI is InChI=1S/C15H26N2O2/c1-12-6-2-3-8-14(12)16-15(19)10-17-9-5-4-7-13(17)11-18/h11-14H,2-10H2,1H3,(H,16,19). The lowest BCUT2D eigenvalue weighted by Crippen LogP contribution is -2.49. The van der Waals surface area contributed by atoms with Crippen LogP contribution in [0.1, 0.15) is 51.9 Å². The predicted molar refractivity (Wildman–Crippen MR) is 74.8 cm³/mol. The molecule has 4 nitrogen and oxygen atoms in total. The van der Waals surface area contributed by atoms with Gasteiger partial charge in [-0.05, 0) is 38.1 Å². The molecular weight excluding hydrogens is 240 g/mol. The van der Waals surface area contributed by atoms with Gasteiger partial charge in [0.15, 0.2) is 0 Å². The molecule has 1 aliphatic carbocycles. The van der Waals surface area contributed by atoms with Crippen LogP contribution in [0.25, 0.3) is 0 Å². The van der Waals surface area contributed by atoms with Gasteiger partial charge in [0.2, 0.25) is 5.91 Å².